The molecule has 2 amide bonds. The zero-order valence-corrected chi connectivity index (χ0v) is 40.3. The number of ether oxygens (including phenoxy) is 6. The fourth-order valence-electron chi connectivity index (χ4n) is 7.60. The Bertz CT molecular complexity index is 2090. The molecule has 0 aliphatic rings. The van der Waals surface area contributed by atoms with Gasteiger partial charge in [0.2, 0.25) is 5.88 Å². The third-order valence-electron chi connectivity index (χ3n) is 11.1. The lowest BCUT2D eigenvalue weighted by molar-refractivity contribution is -0.159. The third-order valence-corrected chi connectivity index (χ3v) is 11.1. The van der Waals surface area contributed by atoms with Crippen molar-refractivity contribution in [1.82, 2.24) is 14.8 Å². The monoisotopic (exact) mass is 957 g/mol. The van der Waals surface area contributed by atoms with Crippen LogP contribution in [-0.4, -0.2) is 75.0 Å². The van der Waals surface area contributed by atoms with Crippen molar-refractivity contribution in [3.05, 3.63) is 162 Å². The highest BCUT2D eigenvalue weighted by Crippen LogP contribution is 2.26. The van der Waals surface area contributed by atoms with E-state index in [2.05, 4.69) is 4.98 Å². The standard InChI is InChI=1S/C55H63N3O12/c1-5-21-45(50(59)65-36-40-25-13-9-14-26-40)57(46(22-6-2)51(60)66-37-41-27-15-10-16-28-41)54(63)69-44-33-34-49(56-35-44)70-55(64)58(47(23-7-3)52(61)67-38-42-29-17-11-18-30-42)48(24-8-4)53(62)68-39-43-31-19-12-20-32-43/h9-20,25-35,45-48H,5-8,21-24,36-39H2,1-4H3. The SMILES string of the molecule is CCCC(C(=O)OCc1ccccc1)N(C(=O)Oc1ccc(OC(=O)N(C(CCC)C(=O)OCc2ccccc2)C(CCC)C(=O)OCc2ccccc2)nc1)C(CCC)C(=O)OCc1ccccc1. The highest BCUT2D eigenvalue weighted by atomic mass is 16.6. The van der Waals surface area contributed by atoms with Gasteiger partial charge in [-0.15, -0.1) is 0 Å². The van der Waals surface area contributed by atoms with E-state index in [9.17, 15) is 28.8 Å². The molecule has 1 heterocycles. The van der Waals surface area contributed by atoms with Crippen LogP contribution in [0.4, 0.5) is 9.59 Å². The number of hydrogen-bond acceptors (Lipinski definition) is 13. The van der Waals surface area contributed by atoms with Gasteiger partial charge in [-0.1, -0.05) is 175 Å². The zero-order chi connectivity index (χ0) is 50.1. The van der Waals surface area contributed by atoms with Crippen molar-refractivity contribution in [1.29, 1.82) is 0 Å². The van der Waals surface area contributed by atoms with Crippen LogP contribution >= 0.6 is 0 Å². The van der Waals surface area contributed by atoms with Gasteiger partial charge in [-0.2, -0.15) is 0 Å². The number of pyridine rings is 1. The molecule has 70 heavy (non-hydrogen) atoms. The summed E-state index contributed by atoms with van der Waals surface area (Å²) in [7, 11) is 0. The second-order valence-electron chi connectivity index (χ2n) is 16.5. The molecule has 0 aliphatic carbocycles. The van der Waals surface area contributed by atoms with Crippen LogP contribution in [0.5, 0.6) is 11.6 Å². The molecule has 4 atom stereocenters. The first-order valence-electron chi connectivity index (χ1n) is 23.8. The van der Waals surface area contributed by atoms with Crippen LogP contribution < -0.4 is 9.47 Å². The van der Waals surface area contributed by atoms with E-state index in [0.29, 0.717) is 25.7 Å². The molecule has 0 aliphatic heterocycles. The predicted molar refractivity (Wildman–Crippen MR) is 260 cm³/mol. The summed E-state index contributed by atoms with van der Waals surface area (Å²) >= 11 is 0. The highest BCUT2D eigenvalue weighted by molar-refractivity contribution is 5.88. The molecule has 5 aromatic rings. The van der Waals surface area contributed by atoms with Gasteiger partial charge in [-0.25, -0.2) is 33.8 Å². The first-order valence-corrected chi connectivity index (χ1v) is 23.8. The largest absolute Gasteiger partial charge is 0.459 e. The van der Waals surface area contributed by atoms with Crippen molar-refractivity contribution >= 4 is 36.1 Å². The number of esters is 4. The van der Waals surface area contributed by atoms with E-state index in [4.69, 9.17) is 28.4 Å². The zero-order valence-electron chi connectivity index (χ0n) is 40.3. The number of nitrogens with zero attached hydrogens (tertiary/aromatic N) is 3. The second-order valence-corrected chi connectivity index (χ2v) is 16.5. The Morgan fingerprint density at radius 2 is 0.686 bits per heavy atom. The van der Waals surface area contributed by atoms with Gasteiger partial charge in [-0.3, -0.25) is 9.80 Å². The number of carbonyl (C=O) groups is 6. The molecule has 15 nitrogen and oxygen atoms in total. The quantitative estimate of drug-likeness (QED) is 0.0378. The minimum atomic E-state index is -1.25. The number of rotatable bonds is 26. The van der Waals surface area contributed by atoms with Gasteiger partial charge in [0.05, 0.1) is 6.20 Å². The molecule has 4 aromatic carbocycles. The van der Waals surface area contributed by atoms with E-state index in [0.717, 1.165) is 38.3 Å². The normalized spacial score (nSPS) is 12.5. The molecule has 1 aromatic heterocycles. The molecule has 15 heteroatoms. The van der Waals surface area contributed by atoms with E-state index in [1.54, 1.807) is 48.5 Å². The first-order chi connectivity index (χ1) is 34.1. The lowest BCUT2D eigenvalue weighted by Gasteiger charge is -2.35. The number of amides is 2. The van der Waals surface area contributed by atoms with Gasteiger partial charge in [-0.05, 0) is 54.0 Å². The number of aromatic nitrogens is 1. The fraction of sp³-hybridized carbons (Fsp3) is 0.364. The van der Waals surface area contributed by atoms with Crippen molar-refractivity contribution in [3.63, 3.8) is 0 Å². The van der Waals surface area contributed by atoms with E-state index in [1.165, 1.54) is 12.1 Å². The molecule has 0 saturated heterocycles. The topological polar surface area (TPSA) is 177 Å². The Balaban J connectivity index is 1.41. The maximum atomic E-state index is 14.4. The molecular weight excluding hydrogens is 895 g/mol. The number of benzene rings is 4. The molecule has 0 saturated carbocycles. The molecule has 370 valence electrons. The summed E-state index contributed by atoms with van der Waals surface area (Å²) in [5.41, 5.74) is 2.92. The molecule has 4 unspecified atom stereocenters. The van der Waals surface area contributed by atoms with Gasteiger partial charge < -0.3 is 28.4 Å². The highest BCUT2D eigenvalue weighted by Gasteiger charge is 2.43. The maximum absolute atomic E-state index is 14.4. The van der Waals surface area contributed by atoms with Gasteiger partial charge in [0, 0.05) is 6.07 Å². The van der Waals surface area contributed by atoms with Crippen LogP contribution in [0.2, 0.25) is 0 Å². The van der Waals surface area contributed by atoms with Crippen LogP contribution in [0.3, 0.4) is 0 Å². The predicted octanol–water partition coefficient (Wildman–Crippen LogP) is 10.3. The Morgan fingerprint density at radius 3 is 0.943 bits per heavy atom. The molecule has 5 rings (SSSR count). The fourth-order valence-corrected chi connectivity index (χ4v) is 7.60. The second kappa shape index (κ2) is 28.7. The molecule has 0 N–H and O–H groups in total. The van der Waals surface area contributed by atoms with Gasteiger partial charge in [0.25, 0.3) is 0 Å². The van der Waals surface area contributed by atoms with Crippen LogP contribution in [0, 0.1) is 0 Å². The summed E-state index contributed by atoms with van der Waals surface area (Å²) < 4.78 is 34.5. The molecule has 0 radical (unpaired) electrons. The van der Waals surface area contributed by atoms with Crippen LogP contribution in [0.25, 0.3) is 0 Å². The van der Waals surface area contributed by atoms with Crippen molar-refractivity contribution in [2.45, 2.75) is 130 Å². The molecule has 0 spiro atoms. The lowest BCUT2D eigenvalue weighted by atomic mass is 10.0. The summed E-state index contributed by atoms with van der Waals surface area (Å²) in [6.07, 6.45) is 1.31. The Morgan fingerprint density at radius 1 is 0.400 bits per heavy atom. The summed E-state index contributed by atoms with van der Waals surface area (Å²) in [6, 6.07) is 33.9. The first kappa shape index (κ1) is 53.4. The smallest absolute Gasteiger partial charge is 0.418 e. The van der Waals surface area contributed by atoms with E-state index in [-0.39, 0.29) is 63.7 Å². The Labute approximate surface area is 410 Å². The summed E-state index contributed by atoms with van der Waals surface area (Å²) in [6.45, 7) is 7.08. The van der Waals surface area contributed by atoms with Gasteiger partial charge in [0.15, 0.2) is 5.75 Å². The van der Waals surface area contributed by atoms with Gasteiger partial charge in [0.1, 0.15) is 50.6 Å². The minimum absolute atomic E-state index is 0.0661. The van der Waals surface area contributed by atoms with Crippen LogP contribution in [0.1, 0.15) is 101 Å². The lowest BCUT2D eigenvalue weighted by Crippen LogP contribution is -2.55. The van der Waals surface area contributed by atoms with Crippen molar-refractivity contribution in [2.75, 3.05) is 0 Å². The maximum Gasteiger partial charge on any atom is 0.418 e. The number of hydrogen-bond donors (Lipinski definition) is 0. The van der Waals surface area contributed by atoms with Crippen molar-refractivity contribution in [2.24, 2.45) is 0 Å². The molecular formula is C55H63N3O12. The summed E-state index contributed by atoms with van der Waals surface area (Å²) in [4.78, 5) is 91.0. The third kappa shape index (κ3) is 16.3. The van der Waals surface area contributed by atoms with E-state index in [1.807, 2.05) is 100 Å². The average molecular weight is 958 g/mol. The Hall–Kier alpha value is -7.55. The van der Waals surface area contributed by atoms with E-state index >= 15 is 0 Å². The van der Waals surface area contributed by atoms with E-state index < -0.39 is 60.2 Å². The van der Waals surface area contributed by atoms with Crippen molar-refractivity contribution < 1.29 is 57.2 Å². The van der Waals surface area contributed by atoms with Crippen LogP contribution in [-0.2, 0) is 64.6 Å². The minimum Gasteiger partial charge on any atom is -0.459 e. The van der Waals surface area contributed by atoms with Gasteiger partial charge >= 0.3 is 36.1 Å². The van der Waals surface area contributed by atoms with Crippen molar-refractivity contribution in [3.8, 4) is 11.6 Å². The molecule has 0 bridgehead atoms. The average Bonchev–Trinajstić information content (AvgIpc) is 3.39. The number of carbonyl (C=O) groups excluding carboxylic acids is 6. The summed E-state index contributed by atoms with van der Waals surface area (Å²) in [5, 5.41) is 0. The Kier molecular flexibility index (Phi) is 21.9. The summed E-state index contributed by atoms with van der Waals surface area (Å²) in [5.74, 6) is -3.33. The molecule has 0 fully saturated rings. The van der Waals surface area contributed by atoms with Crippen LogP contribution in [0.15, 0.2) is 140 Å².